The van der Waals surface area contributed by atoms with Crippen molar-refractivity contribution >= 4 is 23.5 Å². The van der Waals surface area contributed by atoms with E-state index in [1.165, 1.54) is 18.2 Å². The summed E-state index contributed by atoms with van der Waals surface area (Å²) in [5, 5.41) is 5.76. The summed E-state index contributed by atoms with van der Waals surface area (Å²) >= 11 is 1.55. The molecule has 4 rings (SSSR count). The number of halogens is 3. The van der Waals surface area contributed by atoms with Crippen LogP contribution in [0.3, 0.4) is 0 Å². The highest BCUT2D eigenvalue weighted by Gasteiger charge is 2.33. The summed E-state index contributed by atoms with van der Waals surface area (Å²) in [6.07, 6.45) is -3.97. The minimum atomic E-state index is -4.56. The van der Waals surface area contributed by atoms with Crippen molar-refractivity contribution < 1.29 is 27.4 Å². The molecule has 3 aromatic carbocycles. The molecule has 4 aromatic rings. The fourth-order valence-corrected chi connectivity index (χ4v) is 5.27. The predicted molar refractivity (Wildman–Crippen MR) is 156 cm³/mol. The number of thioether (sulfide) groups is 1. The van der Waals surface area contributed by atoms with Crippen molar-refractivity contribution in [3.63, 3.8) is 0 Å². The largest absolute Gasteiger partial charge is 0.497 e. The predicted octanol–water partition coefficient (Wildman–Crippen LogP) is 7.58. The molecular formula is C30H31F3N4O3S. The Bertz CT molecular complexity index is 1460. The van der Waals surface area contributed by atoms with Gasteiger partial charge in [0.15, 0.2) is 5.16 Å². The zero-order valence-corrected chi connectivity index (χ0v) is 23.7. The number of urea groups is 1. The number of ether oxygens (including phenoxy) is 2. The molecule has 0 fully saturated rings. The van der Waals surface area contributed by atoms with Crippen LogP contribution in [0.5, 0.6) is 11.5 Å². The molecule has 0 aliphatic rings. The van der Waals surface area contributed by atoms with Crippen LogP contribution in [0.25, 0.3) is 22.5 Å². The first kappa shape index (κ1) is 29.9. The number of para-hydroxylation sites is 1. The van der Waals surface area contributed by atoms with Crippen LogP contribution in [0.2, 0.25) is 0 Å². The number of nitrogens with one attached hydrogen (secondary N) is 2. The maximum Gasteiger partial charge on any atom is 0.418 e. The van der Waals surface area contributed by atoms with E-state index in [4.69, 9.17) is 14.5 Å². The summed E-state index contributed by atoms with van der Waals surface area (Å²) in [5.74, 6) is 2.15. The van der Waals surface area contributed by atoms with Gasteiger partial charge in [-0.3, -0.25) is 0 Å². The summed E-state index contributed by atoms with van der Waals surface area (Å²) in [5.41, 5.74) is 2.58. The second-order valence-corrected chi connectivity index (χ2v) is 9.98. The number of carbonyl (C=O) groups excluding carboxylic acids is 1. The molecule has 2 N–H and O–H groups in total. The number of hydrogen-bond donors (Lipinski definition) is 2. The van der Waals surface area contributed by atoms with Gasteiger partial charge in [-0.25, -0.2) is 9.78 Å². The second kappa shape index (κ2) is 13.5. The van der Waals surface area contributed by atoms with Crippen LogP contribution in [-0.2, 0) is 12.7 Å². The molecule has 0 saturated carbocycles. The van der Waals surface area contributed by atoms with E-state index in [2.05, 4.69) is 22.1 Å². The SMILES string of the molecule is CCn1c(SCCCNC(=O)Nc2ccccc2C(F)(F)F)nc(-c2ccc(OC)cc2)c1-c1ccc(OC)cc1. The minimum absolute atomic E-state index is 0.283. The van der Waals surface area contributed by atoms with E-state index in [0.29, 0.717) is 18.7 Å². The minimum Gasteiger partial charge on any atom is -0.497 e. The Kier molecular flexibility index (Phi) is 9.82. The van der Waals surface area contributed by atoms with E-state index < -0.39 is 17.8 Å². The molecule has 0 spiro atoms. The maximum atomic E-state index is 13.2. The van der Waals surface area contributed by atoms with Gasteiger partial charge < -0.3 is 24.7 Å². The molecule has 0 saturated heterocycles. The number of anilines is 1. The molecule has 216 valence electrons. The quantitative estimate of drug-likeness (QED) is 0.140. The van der Waals surface area contributed by atoms with Crippen molar-refractivity contribution in [2.45, 2.75) is 31.2 Å². The Morgan fingerprint density at radius 3 is 2.12 bits per heavy atom. The summed E-state index contributed by atoms with van der Waals surface area (Å²) in [7, 11) is 3.25. The van der Waals surface area contributed by atoms with E-state index in [1.54, 1.807) is 26.0 Å². The number of methoxy groups -OCH3 is 2. The van der Waals surface area contributed by atoms with Gasteiger partial charge in [0.1, 0.15) is 11.5 Å². The standard InChI is InChI=1S/C30H31F3N4O3S/c1-4-37-27(21-12-16-23(40-3)17-13-21)26(20-10-14-22(39-2)15-11-20)36-29(37)41-19-7-18-34-28(38)35-25-9-6-5-8-24(25)30(31,32)33/h5-6,8-17H,4,7,18-19H2,1-3H3,(H2,34,35,38). The van der Waals surface area contributed by atoms with Crippen LogP contribution in [0, 0.1) is 0 Å². The number of aromatic nitrogens is 2. The first-order valence-corrected chi connectivity index (χ1v) is 14.0. The lowest BCUT2D eigenvalue weighted by Crippen LogP contribution is -2.30. The van der Waals surface area contributed by atoms with Crippen molar-refractivity contribution in [3.05, 3.63) is 78.4 Å². The van der Waals surface area contributed by atoms with Crippen molar-refractivity contribution in [2.75, 3.05) is 31.8 Å². The average Bonchev–Trinajstić information content (AvgIpc) is 3.35. The number of benzene rings is 3. The highest BCUT2D eigenvalue weighted by Crippen LogP contribution is 2.37. The lowest BCUT2D eigenvalue weighted by molar-refractivity contribution is -0.136. The molecular weight excluding hydrogens is 553 g/mol. The van der Waals surface area contributed by atoms with Gasteiger partial charge in [0.05, 0.1) is 36.9 Å². The van der Waals surface area contributed by atoms with Gasteiger partial charge in [-0.05, 0) is 74.0 Å². The van der Waals surface area contributed by atoms with Gasteiger partial charge >= 0.3 is 12.2 Å². The molecule has 7 nitrogen and oxygen atoms in total. The molecule has 0 radical (unpaired) electrons. The summed E-state index contributed by atoms with van der Waals surface area (Å²) < 4.78 is 52.4. The van der Waals surface area contributed by atoms with Crippen molar-refractivity contribution in [1.82, 2.24) is 14.9 Å². The van der Waals surface area contributed by atoms with E-state index in [9.17, 15) is 18.0 Å². The fraction of sp³-hybridized carbons (Fsp3) is 0.267. The Morgan fingerprint density at radius 2 is 1.54 bits per heavy atom. The zero-order chi connectivity index (χ0) is 29.4. The molecule has 1 heterocycles. The van der Waals surface area contributed by atoms with Crippen molar-refractivity contribution in [2.24, 2.45) is 0 Å². The highest BCUT2D eigenvalue weighted by molar-refractivity contribution is 7.99. The third kappa shape index (κ3) is 7.35. The smallest absolute Gasteiger partial charge is 0.418 e. The summed E-state index contributed by atoms with van der Waals surface area (Å²) in [4.78, 5) is 17.2. The van der Waals surface area contributed by atoms with Crippen LogP contribution in [-0.4, -0.2) is 42.1 Å². The summed E-state index contributed by atoms with van der Waals surface area (Å²) in [6, 6.07) is 19.8. The monoisotopic (exact) mass is 584 g/mol. The molecule has 0 bridgehead atoms. The van der Waals surface area contributed by atoms with Gasteiger partial charge in [0, 0.05) is 30.0 Å². The highest BCUT2D eigenvalue weighted by atomic mass is 32.2. The fourth-order valence-electron chi connectivity index (χ4n) is 4.27. The van der Waals surface area contributed by atoms with E-state index >= 15 is 0 Å². The third-order valence-corrected chi connectivity index (χ3v) is 7.36. The topological polar surface area (TPSA) is 77.4 Å². The van der Waals surface area contributed by atoms with E-state index in [0.717, 1.165) is 45.2 Å². The van der Waals surface area contributed by atoms with Gasteiger partial charge in [0.2, 0.25) is 0 Å². The molecule has 0 aliphatic heterocycles. The average molecular weight is 585 g/mol. The maximum absolute atomic E-state index is 13.2. The van der Waals surface area contributed by atoms with Gasteiger partial charge in [0.25, 0.3) is 0 Å². The Labute approximate surface area is 241 Å². The second-order valence-electron chi connectivity index (χ2n) is 8.92. The summed E-state index contributed by atoms with van der Waals surface area (Å²) in [6.45, 7) is 3.03. The number of imidazole rings is 1. The number of amides is 2. The van der Waals surface area contributed by atoms with Crippen LogP contribution >= 0.6 is 11.8 Å². The molecule has 1 aromatic heterocycles. The van der Waals surface area contributed by atoms with Gasteiger partial charge in [-0.2, -0.15) is 13.2 Å². The third-order valence-electron chi connectivity index (χ3n) is 6.29. The molecule has 0 atom stereocenters. The lowest BCUT2D eigenvalue weighted by Gasteiger charge is -2.14. The van der Waals surface area contributed by atoms with Crippen LogP contribution < -0.4 is 20.1 Å². The lowest BCUT2D eigenvalue weighted by atomic mass is 10.0. The van der Waals surface area contributed by atoms with E-state index in [-0.39, 0.29) is 12.2 Å². The van der Waals surface area contributed by atoms with Crippen molar-refractivity contribution in [3.8, 4) is 34.0 Å². The first-order chi connectivity index (χ1) is 19.7. The number of rotatable bonds is 11. The Balaban J connectivity index is 1.45. The van der Waals surface area contributed by atoms with E-state index in [1.807, 2.05) is 48.5 Å². The molecule has 0 aliphatic carbocycles. The zero-order valence-electron chi connectivity index (χ0n) is 22.9. The number of hydrogen-bond acceptors (Lipinski definition) is 5. The molecule has 11 heteroatoms. The number of alkyl halides is 3. The molecule has 2 amide bonds. The number of carbonyl (C=O) groups is 1. The Morgan fingerprint density at radius 1 is 0.927 bits per heavy atom. The normalized spacial score (nSPS) is 11.3. The molecule has 0 unspecified atom stereocenters. The molecule has 41 heavy (non-hydrogen) atoms. The van der Waals surface area contributed by atoms with Gasteiger partial charge in [-0.15, -0.1) is 0 Å². The van der Waals surface area contributed by atoms with Gasteiger partial charge in [-0.1, -0.05) is 23.9 Å². The van der Waals surface area contributed by atoms with Crippen LogP contribution in [0.15, 0.2) is 78.0 Å². The van der Waals surface area contributed by atoms with Crippen LogP contribution in [0.4, 0.5) is 23.7 Å². The van der Waals surface area contributed by atoms with Crippen LogP contribution in [0.1, 0.15) is 18.9 Å². The first-order valence-electron chi connectivity index (χ1n) is 13.0. The number of nitrogens with zero attached hydrogens (tertiary/aromatic N) is 2. The van der Waals surface area contributed by atoms with Crippen molar-refractivity contribution in [1.29, 1.82) is 0 Å². The Hall–Kier alpha value is -4.12.